The zero-order chi connectivity index (χ0) is 29.5. The molecule has 0 amide bonds. The fourth-order valence-corrected chi connectivity index (χ4v) is 6.79. The lowest BCUT2D eigenvalue weighted by molar-refractivity contribution is 0.654. The van der Waals surface area contributed by atoms with Gasteiger partial charge in [0, 0.05) is 16.5 Å². The third-order valence-electron chi connectivity index (χ3n) is 8.88. The molecule has 0 fully saturated rings. The van der Waals surface area contributed by atoms with Gasteiger partial charge in [0.25, 0.3) is 0 Å². The van der Waals surface area contributed by atoms with Crippen molar-refractivity contribution in [3.8, 4) is 0 Å². The Hall–Kier alpha value is -6.20. The molecule has 0 unspecified atom stereocenters. The molecule has 0 atom stereocenters. The normalized spacial score (nSPS) is 12.0. The minimum atomic E-state index is 0.611. The highest BCUT2D eigenvalue weighted by atomic mass is 16.3. The second-order valence-corrected chi connectivity index (χ2v) is 11.5. The molecule has 45 heavy (non-hydrogen) atoms. The van der Waals surface area contributed by atoms with Crippen LogP contribution in [0.4, 0.5) is 17.2 Å². The highest BCUT2D eigenvalue weighted by Crippen LogP contribution is 2.41. The predicted molar refractivity (Wildman–Crippen MR) is 184 cm³/mol. The Morgan fingerprint density at radius 2 is 1.13 bits per heavy atom. The Bertz CT molecular complexity index is 2670. The van der Waals surface area contributed by atoms with Gasteiger partial charge in [0.15, 0.2) is 5.58 Å². The van der Waals surface area contributed by atoms with Gasteiger partial charge in [0.05, 0.1) is 17.3 Å². The number of anilines is 3. The quantitative estimate of drug-likeness (QED) is 0.196. The van der Waals surface area contributed by atoms with Crippen LogP contribution >= 0.6 is 0 Å². The van der Waals surface area contributed by atoms with Gasteiger partial charge >= 0.3 is 0 Å². The molecule has 10 aromatic rings. The van der Waals surface area contributed by atoms with Crippen LogP contribution in [0.1, 0.15) is 0 Å². The number of furan rings is 2. The Labute approximate surface area is 256 Å². The Morgan fingerprint density at radius 1 is 0.467 bits per heavy atom. The Morgan fingerprint density at radius 3 is 2.00 bits per heavy atom. The van der Waals surface area contributed by atoms with Crippen molar-refractivity contribution in [3.63, 3.8) is 0 Å². The largest absolute Gasteiger partial charge is 0.454 e. The van der Waals surface area contributed by atoms with E-state index in [9.17, 15) is 0 Å². The number of benzene rings is 6. The van der Waals surface area contributed by atoms with E-state index in [4.69, 9.17) is 18.8 Å². The van der Waals surface area contributed by atoms with E-state index in [1.807, 2.05) is 54.7 Å². The summed E-state index contributed by atoms with van der Waals surface area (Å²) in [4.78, 5) is 12.2. The van der Waals surface area contributed by atoms with Crippen molar-refractivity contribution >= 4 is 93.6 Å². The summed E-state index contributed by atoms with van der Waals surface area (Å²) < 4.78 is 12.2. The summed E-state index contributed by atoms with van der Waals surface area (Å²) in [5.74, 6) is 0.771. The van der Waals surface area contributed by atoms with E-state index < -0.39 is 0 Å². The van der Waals surface area contributed by atoms with Crippen molar-refractivity contribution in [2.45, 2.75) is 0 Å². The number of hydrogen-bond acceptors (Lipinski definition) is 5. The molecule has 210 valence electrons. The first-order valence-corrected chi connectivity index (χ1v) is 15.0. The molecule has 10 rings (SSSR count). The van der Waals surface area contributed by atoms with Crippen LogP contribution in [0, 0.1) is 0 Å². The zero-order valence-corrected chi connectivity index (χ0v) is 23.9. The van der Waals surface area contributed by atoms with E-state index >= 15 is 0 Å². The van der Waals surface area contributed by atoms with E-state index in [-0.39, 0.29) is 0 Å². The number of aromatic nitrogens is 2. The molecule has 0 aliphatic carbocycles. The maximum absolute atomic E-state index is 6.13. The molecular weight excluding hydrogens is 554 g/mol. The van der Waals surface area contributed by atoms with E-state index in [0.29, 0.717) is 5.71 Å². The van der Waals surface area contributed by atoms with Gasteiger partial charge in [-0.15, -0.1) is 0 Å². The molecule has 4 aromatic heterocycles. The highest BCUT2D eigenvalue weighted by molar-refractivity contribution is 6.21. The molecule has 5 nitrogen and oxygen atoms in total. The minimum Gasteiger partial charge on any atom is -0.454 e. The fraction of sp³-hybridized carbons (Fsp3) is 0. The van der Waals surface area contributed by atoms with Crippen molar-refractivity contribution in [1.82, 2.24) is 9.97 Å². The first kappa shape index (κ1) is 24.3. The van der Waals surface area contributed by atoms with Crippen LogP contribution in [0.15, 0.2) is 148 Å². The Kier molecular flexibility index (Phi) is 4.93. The van der Waals surface area contributed by atoms with Gasteiger partial charge < -0.3 is 8.83 Å². The van der Waals surface area contributed by atoms with Gasteiger partial charge in [0.1, 0.15) is 22.5 Å². The second-order valence-electron chi connectivity index (χ2n) is 11.5. The number of nitrogens with zero attached hydrogens (tertiary/aromatic N) is 3. The molecule has 0 N–H and O–H groups in total. The van der Waals surface area contributed by atoms with Crippen LogP contribution in [-0.4, -0.2) is 9.97 Å². The topological polar surface area (TPSA) is 55.3 Å². The number of pyridine rings is 2. The van der Waals surface area contributed by atoms with Crippen LogP contribution in [0.3, 0.4) is 0 Å². The SMILES string of the molecule is c1ccc2c(c1)ccc1ccc3ccc(N(c4cnc5oc6ccccc6c5c4)c4ccc5oc6ccccc6c5n4)cc3c12. The molecule has 0 radical (unpaired) electrons. The third-order valence-corrected chi connectivity index (χ3v) is 8.88. The standard InChI is InChI=1S/C40H23N3O2/c1-2-8-29-24(7-1)13-15-26-16-14-25-17-18-27(21-32(25)38(26)29)43(28-22-33-30-9-3-5-11-34(30)45-40(33)41-23-28)37-20-19-36-39(42-37)31-10-4-6-12-35(31)44-36/h1-23H. The van der Waals surface area contributed by atoms with E-state index in [1.54, 1.807) is 0 Å². The molecule has 5 heteroatoms. The maximum atomic E-state index is 6.13. The Balaban J connectivity index is 1.27. The smallest absolute Gasteiger partial charge is 0.227 e. The average Bonchev–Trinajstić information content (AvgIpc) is 3.66. The number of para-hydroxylation sites is 2. The summed E-state index contributed by atoms with van der Waals surface area (Å²) in [5, 5.41) is 10.3. The summed E-state index contributed by atoms with van der Waals surface area (Å²) >= 11 is 0. The van der Waals surface area contributed by atoms with Crippen LogP contribution in [-0.2, 0) is 0 Å². The average molecular weight is 578 g/mol. The molecule has 4 heterocycles. The van der Waals surface area contributed by atoms with Gasteiger partial charge in [-0.3, -0.25) is 4.90 Å². The molecule has 0 saturated heterocycles. The molecule has 0 saturated carbocycles. The lowest BCUT2D eigenvalue weighted by Crippen LogP contribution is -2.12. The molecule has 0 spiro atoms. The highest BCUT2D eigenvalue weighted by Gasteiger charge is 2.20. The van der Waals surface area contributed by atoms with Gasteiger partial charge in [-0.2, -0.15) is 0 Å². The summed E-state index contributed by atoms with van der Waals surface area (Å²) in [7, 11) is 0. The van der Waals surface area contributed by atoms with Gasteiger partial charge in [0.2, 0.25) is 5.71 Å². The van der Waals surface area contributed by atoms with Gasteiger partial charge in [-0.1, -0.05) is 84.9 Å². The van der Waals surface area contributed by atoms with Gasteiger partial charge in [-0.05, 0) is 80.8 Å². The lowest BCUT2D eigenvalue weighted by Gasteiger charge is -2.24. The minimum absolute atomic E-state index is 0.611. The van der Waals surface area contributed by atoms with Crippen LogP contribution < -0.4 is 4.90 Å². The van der Waals surface area contributed by atoms with Crippen molar-refractivity contribution in [2.24, 2.45) is 0 Å². The summed E-state index contributed by atoms with van der Waals surface area (Å²) in [6, 6.07) is 46.3. The van der Waals surface area contributed by atoms with Crippen molar-refractivity contribution in [1.29, 1.82) is 0 Å². The maximum Gasteiger partial charge on any atom is 0.227 e. The molecule has 0 bridgehead atoms. The first-order chi connectivity index (χ1) is 22.3. The van der Waals surface area contributed by atoms with Crippen molar-refractivity contribution < 1.29 is 8.83 Å². The number of hydrogen-bond donors (Lipinski definition) is 0. The monoisotopic (exact) mass is 577 g/mol. The lowest BCUT2D eigenvalue weighted by atomic mass is 9.96. The molecule has 6 aromatic carbocycles. The fourth-order valence-electron chi connectivity index (χ4n) is 6.79. The molecular formula is C40H23N3O2. The first-order valence-electron chi connectivity index (χ1n) is 15.0. The summed E-state index contributed by atoms with van der Waals surface area (Å²) in [6.07, 6.45) is 1.87. The van der Waals surface area contributed by atoms with Crippen molar-refractivity contribution in [2.75, 3.05) is 4.90 Å². The predicted octanol–water partition coefficient (Wildman–Crippen LogP) is 11.2. The van der Waals surface area contributed by atoms with Crippen LogP contribution in [0.5, 0.6) is 0 Å². The van der Waals surface area contributed by atoms with Crippen molar-refractivity contribution in [3.05, 3.63) is 140 Å². The second kappa shape index (κ2) is 9.15. The van der Waals surface area contributed by atoms with Gasteiger partial charge in [-0.25, -0.2) is 9.97 Å². The summed E-state index contributed by atoms with van der Waals surface area (Å²) in [5.41, 5.74) is 5.70. The van der Waals surface area contributed by atoms with E-state index in [0.717, 1.165) is 55.6 Å². The molecule has 0 aliphatic heterocycles. The van der Waals surface area contributed by atoms with E-state index in [1.165, 1.54) is 32.3 Å². The summed E-state index contributed by atoms with van der Waals surface area (Å²) in [6.45, 7) is 0. The van der Waals surface area contributed by atoms with Crippen LogP contribution in [0.25, 0.3) is 76.5 Å². The zero-order valence-electron chi connectivity index (χ0n) is 23.9. The van der Waals surface area contributed by atoms with E-state index in [2.05, 4.69) is 89.8 Å². The molecule has 0 aliphatic rings. The number of fused-ring (bicyclic) bond motifs is 11. The third kappa shape index (κ3) is 3.61. The number of rotatable bonds is 3. The van der Waals surface area contributed by atoms with Crippen LogP contribution in [0.2, 0.25) is 0 Å².